The van der Waals surface area contributed by atoms with E-state index in [0.717, 1.165) is 0 Å². The van der Waals surface area contributed by atoms with Crippen LogP contribution in [-0.4, -0.2) is 126 Å². The molecule has 0 spiro atoms. The van der Waals surface area contributed by atoms with Gasteiger partial charge in [0.25, 0.3) is 0 Å². The van der Waals surface area contributed by atoms with Crippen molar-refractivity contribution in [2.24, 2.45) is 11.8 Å². The van der Waals surface area contributed by atoms with Gasteiger partial charge in [0.05, 0.1) is 49.9 Å². The van der Waals surface area contributed by atoms with Gasteiger partial charge in [-0.1, -0.05) is 26.0 Å². The maximum absolute atomic E-state index is 13.9. The molecule has 17 nitrogen and oxygen atoms in total. The van der Waals surface area contributed by atoms with E-state index in [1.807, 2.05) is 13.8 Å². The number of nitrogens with zero attached hydrogens (tertiary/aromatic N) is 2. The van der Waals surface area contributed by atoms with E-state index in [9.17, 15) is 27.7 Å². The molecule has 2 aromatic rings. The maximum Gasteiger partial charge on any atom is 0.407 e. The first-order chi connectivity index (χ1) is 26.0. The fourth-order valence-electron chi connectivity index (χ4n) is 6.06. The highest BCUT2D eigenvalue weighted by atomic mass is 32.2. The normalized spacial score (nSPS) is 21.1. The van der Waals surface area contributed by atoms with E-state index < -0.39 is 66.7 Å². The van der Waals surface area contributed by atoms with Crippen LogP contribution in [0.5, 0.6) is 11.5 Å². The van der Waals surface area contributed by atoms with Crippen molar-refractivity contribution in [3.63, 3.8) is 0 Å². The molecule has 0 bridgehead atoms. The van der Waals surface area contributed by atoms with E-state index >= 15 is 0 Å². The summed E-state index contributed by atoms with van der Waals surface area (Å²) in [4.78, 5) is 25.5. The van der Waals surface area contributed by atoms with Gasteiger partial charge in [-0.2, -0.15) is 9.37 Å². The number of benzene rings is 2. The Balaban J connectivity index is 1.51. The lowest BCUT2D eigenvalue weighted by atomic mass is 10.0. The van der Waals surface area contributed by atoms with Crippen LogP contribution >= 0.6 is 7.60 Å². The van der Waals surface area contributed by atoms with Crippen LogP contribution < -0.4 is 14.8 Å². The SMILES string of the molecule is CCOC(=O)[C@H](C)OP(=O)(COc1ccc(C[C@H](NC(=O)O[C@H]2CO[C@H]3OCC[C@H]32)[C@H](O)CN(CC(C)C)S(=O)(=O)c2ccc(OC)cc2)cc1)ON(C)C. The van der Waals surface area contributed by atoms with Crippen LogP contribution in [0.1, 0.15) is 39.7 Å². The van der Waals surface area contributed by atoms with Gasteiger partial charge >= 0.3 is 19.7 Å². The van der Waals surface area contributed by atoms with Crippen LogP contribution in [0.15, 0.2) is 53.4 Å². The summed E-state index contributed by atoms with van der Waals surface area (Å²) in [5, 5.41) is 15.6. The van der Waals surface area contributed by atoms with Crippen molar-refractivity contribution in [1.29, 1.82) is 0 Å². The van der Waals surface area contributed by atoms with Gasteiger partial charge in [-0.05, 0) is 74.6 Å². The first kappa shape index (κ1) is 44.4. The van der Waals surface area contributed by atoms with Crippen LogP contribution in [-0.2, 0) is 53.9 Å². The van der Waals surface area contributed by atoms with Crippen molar-refractivity contribution in [3.8, 4) is 11.5 Å². The van der Waals surface area contributed by atoms with Gasteiger partial charge in [0.15, 0.2) is 18.7 Å². The molecule has 7 atom stereocenters. The monoisotopic (exact) mass is 815 g/mol. The number of amides is 1. The quantitative estimate of drug-likeness (QED) is 0.105. The molecular formula is C36H54N3O14PS. The third-order valence-corrected chi connectivity index (χ3v) is 12.2. The fraction of sp³-hybridized carbons (Fsp3) is 0.611. The molecule has 2 heterocycles. The van der Waals surface area contributed by atoms with Crippen LogP contribution in [0.25, 0.3) is 0 Å². The summed E-state index contributed by atoms with van der Waals surface area (Å²) >= 11 is 0. The lowest BCUT2D eigenvalue weighted by Crippen LogP contribution is -2.51. The average Bonchev–Trinajstić information content (AvgIpc) is 3.75. The number of rotatable bonds is 21. The second kappa shape index (κ2) is 20.2. The molecule has 2 aliphatic heterocycles. The first-order valence-corrected chi connectivity index (χ1v) is 21.3. The molecule has 2 fully saturated rings. The Kier molecular flexibility index (Phi) is 16.3. The van der Waals surface area contributed by atoms with Gasteiger partial charge in [-0.25, -0.2) is 22.6 Å². The molecule has 2 aliphatic rings. The largest absolute Gasteiger partial charge is 0.497 e. The summed E-state index contributed by atoms with van der Waals surface area (Å²) in [6.45, 7) is 7.30. The Bertz CT molecular complexity index is 1700. The van der Waals surface area contributed by atoms with Gasteiger partial charge in [-0.15, -0.1) is 0 Å². The Labute approximate surface area is 323 Å². The average molecular weight is 816 g/mol. The Morgan fingerprint density at radius 1 is 1.02 bits per heavy atom. The highest BCUT2D eigenvalue weighted by molar-refractivity contribution is 7.89. The number of alkyl carbamates (subject to hydrolysis) is 1. The van der Waals surface area contributed by atoms with Gasteiger partial charge in [-0.3, -0.25) is 9.09 Å². The maximum atomic E-state index is 13.9. The molecule has 19 heteroatoms. The van der Waals surface area contributed by atoms with Crippen molar-refractivity contribution in [1.82, 2.24) is 14.7 Å². The summed E-state index contributed by atoms with van der Waals surface area (Å²) in [5.41, 5.74) is 0.637. The number of hydrogen-bond acceptors (Lipinski definition) is 15. The number of ether oxygens (including phenoxy) is 6. The molecule has 1 amide bonds. The fourth-order valence-corrected chi connectivity index (χ4v) is 9.20. The highest BCUT2D eigenvalue weighted by Gasteiger charge is 2.44. The summed E-state index contributed by atoms with van der Waals surface area (Å²) in [6, 6.07) is 11.5. The summed E-state index contributed by atoms with van der Waals surface area (Å²) in [6.07, 6.45) is -4.16. The number of fused-ring (bicyclic) bond motifs is 1. The van der Waals surface area contributed by atoms with Crippen molar-refractivity contribution in [2.45, 2.75) is 76.1 Å². The number of hydroxylamine groups is 2. The summed E-state index contributed by atoms with van der Waals surface area (Å²) < 4.78 is 85.9. The number of nitrogens with one attached hydrogen (secondary N) is 1. The van der Waals surface area contributed by atoms with Crippen LogP contribution in [0.4, 0.5) is 4.79 Å². The molecule has 2 aromatic carbocycles. The van der Waals surface area contributed by atoms with E-state index in [-0.39, 0.29) is 55.2 Å². The predicted molar refractivity (Wildman–Crippen MR) is 199 cm³/mol. The zero-order valence-electron chi connectivity index (χ0n) is 32.3. The topological polar surface area (TPSA) is 198 Å². The standard InChI is InChI=1S/C36H54N3O14PS/c1-8-47-34(41)25(4)52-54(43,53-38(5)6)23-50-28-11-9-26(10-12-28)19-31(37-36(42)51-33-22-49-35-30(33)17-18-48-35)32(40)21-39(20-24(2)3)55(44,45)29-15-13-27(46-7)14-16-29/h9-16,24-25,30-33,35,40H,8,17-23H2,1-7H3,(H,37,42)/t25-,30-,31-,32+,33-,35+,54?/m0/s1. The second-order valence-electron chi connectivity index (χ2n) is 13.8. The van der Waals surface area contributed by atoms with Gasteiger partial charge in [0, 0.05) is 27.2 Å². The number of esters is 1. The van der Waals surface area contributed by atoms with Gasteiger partial charge in [0.2, 0.25) is 10.0 Å². The molecule has 308 valence electrons. The molecule has 1 unspecified atom stereocenters. The molecule has 55 heavy (non-hydrogen) atoms. The Morgan fingerprint density at radius 2 is 1.69 bits per heavy atom. The summed E-state index contributed by atoms with van der Waals surface area (Å²) in [5.74, 6) is -0.140. The Hall–Kier alpha value is -3.32. The van der Waals surface area contributed by atoms with Gasteiger partial charge in [0.1, 0.15) is 17.6 Å². The van der Waals surface area contributed by atoms with E-state index in [2.05, 4.69) is 5.32 Å². The first-order valence-electron chi connectivity index (χ1n) is 18.1. The lowest BCUT2D eigenvalue weighted by Gasteiger charge is -2.31. The third-order valence-electron chi connectivity index (χ3n) is 8.66. The minimum atomic E-state index is -4.07. The van der Waals surface area contributed by atoms with Crippen molar-refractivity contribution in [2.75, 3.05) is 60.5 Å². The second-order valence-corrected chi connectivity index (χ2v) is 17.6. The number of hydrogen-bond donors (Lipinski definition) is 2. The molecule has 0 saturated carbocycles. The van der Waals surface area contributed by atoms with Crippen molar-refractivity contribution < 1.29 is 65.2 Å². The number of sulfonamides is 1. The van der Waals surface area contributed by atoms with Gasteiger partial charge < -0.3 is 38.8 Å². The van der Waals surface area contributed by atoms with E-state index in [4.69, 9.17) is 37.6 Å². The minimum Gasteiger partial charge on any atom is -0.497 e. The lowest BCUT2D eigenvalue weighted by molar-refractivity contribution is -0.152. The minimum absolute atomic E-state index is 0.0245. The molecular weight excluding hydrogens is 761 g/mol. The van der Waals surface area contributed by atoms with E-state index in [1.165, 1.54) is 49.6 Å². The molecule has 0 aromatic heterocycles. The Morgan fingerprint density at radius 3 is 2.31 bits per heavy atom. The zero-order valence-corrected chi connectivity index (χ0v) is 34.0. The molecule has 0 aliphatic carbocycles. The van der Waals surface area contributed by atoms with E-state index in [0.29, 0.717) is 24.3 Å². The number of methoxy groups -OCH3 is 1. The zero-order chi connectivity index (χ0) is 40.3. The number of carbonyl (C=O) groups excluding carboxylic acids is 2. The predicted octanol–water partition coefficient (Wildman–Crippen LogP) is 3.79. The van der Waals surface area contributed by atoms with Crippen LogP contribution in [0, 0.1) is 11.8 Å². The third kappa shape index (κ3) is 12.8. The van der Waals surface area contributed by atoms with Crippen molar-refractivity contribution in [3.05, 3.63) is 54.1 Å². The van der Waals surface area contributed by atoms with Crippen LogP contribution in [0.2, 0.25) is 0 Å². The smallest absolute Gasteiger partial charge is 0.407 e. The summed E-state index contributed by atoms with van der Waals surface area (Å²) in [7, 11) is -3.57. The molecule has 4 rings (SSSR count). The van der Waals surface area contributed by atoms with Crippen LogP contribution in [0.3, 0.4) is 0 Å². The molecule has 2 N–H and O–H groups in total. The number of aliphatic hydroxyl groups is 1. The van der Waals surface area contributed by atoms with E-state index in [1.54, 1.807) is 43.3 Å². The number of carbonyl (C=O) groups is 2. The molecule has 0 radical (unpaired) electrons. The highest BCUT2D eigenvalue weighted by Crippen LogP contribution is 2.50. The number of aliphatic hydroxyl groups excluding tert-OH is 1. The molecule has 2 saturated heterocycles. The van der Waals surface area contributed by atoms with Crippen molar-refractivity contribution >= 4 is 29.7 Å².